The Kier molecular flexibility index (Phi) is 4.92. The molecule has 1 aromatic carbocycles. The molecule has 0 saturated carbocycles. The van der Waals surface area contributed by atoms with Gasteiger partial charge < -0.3 is 4.74 Å². The van der Waals surface area contributed by atoms with E-state index in [2.05, 4.69) is 51.7 Å². The summed E-state index contributed by atoms with van der Waals surface area (Å²) in [6.45, 7) is 8.99. The molecule has 0 radical (unpaired) electrons. The molecule has 0 aromatic heterocycles. The maximum atomic E-state index is 5.52. The van der Waals surface area contributed by atoms with Gasteiger partial charge in [0.2, 0.25) is 0 Å². The summed E-state index contributed by atoms with van der Waals surface area (Å²) in [5.41, 5.74) is 1.33. The molecule has 86 valence electrons. The van der Waals surface area contributed by atoms with Crippen LogP contribution in [0.25, 0.3) is 0 Å². The molecule has 16 heavy (non-hydrogen) atoms. The van der Waals surface area contributed by atoms with Gasteiger partial charge in [0.05, 0.1) is 0 Å². The van der Waals surface area contributed by atoms with Crippen molar-refractivity contribution in [2.75, 3.05) is 6.61 Å². The zero-order chi connectivity index (χ0) is 12.0. The predicted octanol–water partition coefficient (Wildman–Crippen LogP) is 3.85. The minimum atomic E-state index is 0.409. The van der Waals surface area contributed by atoms with Crippen LogP contribution in [0.1, 0.15) is 39.2 Å². The van der Waals surface area contributed by atoms with Crippen molar-refractivity contribution in [2.24, 2.45) is 5.92 Å². The summed E-state index contributed by atoms with van der Waals surface area (Å²) >= 11 is 0. The van der Waals surface area contributed by atoms with Crippen molar-refractivity contribution in [2.45, 2.75) is 33.6 Å². The highest BCUT2D eigenvalue weighted by atomic mass is 16.5. The van der Waals surface area contributed by atoms with Crippen molar-refractivity contribution in [3.63, 3.8) is 0 Å². The fourth-order valence-corrected chi connectivity index (χ4v) is 1.31. The van der Waals surface area contributed by atoms with Gasteiger partial charge in [-0.15, -0.1) is 0 Å². The summed E-state index contributed by atoms with van der Waals surface area (Å²) in [5.74, 6) is 7.93. The number of hydrogen-bond donors (Lipinski definition) is 0. The lowest BCUT2D eigenvalue weighted by molar-refractivity contribution is 0.370. The molecule has 0 heterocycles. The Balaban J connectivity index is 2.48. The Morgan fingerprint density at radius 3 is 2.19 bits per heavy atom. The Morgan fingerprint density at radius 2 is 1.69 bits per heavy atom. The maximum absolute atomic E-state index is 5.52. The first-order valence-electron chi connectivity index (χ1n) is 5.80. The summed E-state index contributed by atoms with van der Waals surface area (Å²) < 4.78 is 5.52. The molecule has 0 bridgehead atoms. The molecule has 0 amide bonds. The Bertz CT molecular complexity index is 363. The second-order valence-corrected chi connectivity index (χ2v) is 4.49. The van der Waals surface area contributed by atoms with Crippen molar-refractivity contribution < 1.29 is 4.74 Å². The quantitative estimate of drug-likeness (QED) is 0.697. The number of hydrogen-bond acceptors (Lipinski definition) is 1. The summed E-state index contributed by atoms with van der Waals surface area (Å²) in [6, 6.07) is 8.23. The summed E-state index contributed by atoms with van der Waals surface area (Å²) in [5, 5.41) is 0. The Labute approximate surface area is 98.8 Å². The molecule has 1 aromatic rings. The maximum Gasteiger partial charge on any atom is 0.149 e. The molecule has 0 aliphatic heterocycles. The van der Waals surface area contributed by atoms with E-state index in [1.165, 1.54) is 5.56 Å². The standard InChI is InChI=1S/C15H20O/c1-12(2)6-5-11-16-15-9-7-14(8-10-15)13(3)4/h7-10,12-13H,11H2,1-4H3. The van der Waals surface area contributed by atoms with Gasteiger partial charge in [-0.25, -0.2) is 0 Å². The Hall–Kier alpha value is -1.42. The van der Waals surface area contributed by atoms with E-state index in [1.807, 2.05) is 12.1 Å². The van der Waals surface area contributed by atoms with Crippen molar-refractivity contribution in [1.29, 1.82) is 0 Å². The monoisotopic (exact) mass is 216 g/mol. The summed E-state index contributed by atoms with van der Waals surface area (Å²) in [7, 11) is 0. The zero-order valence-corrected chi connectivity index (χ0v) is 10.6. The average Bonchev–Trinajstić information content (AvgIpc) is 2.25. The van der Waals surface area contributed by atoms with Gasteiger partial charge in [0.1, 0.15) is 12.4 Å². The minimum absolute atomic E-state index is 0.409. The van der Waals surface area contributed by atoms with Crippen LogP contribution < -0.4 is 4.74 Å². The fourth-order valence-electron chi connectivity index (χ4n) is 1.31. The summed E-state index contributed by atoms with van der Waals surface area (Å²) in [6.07, 6.45) is 0. The third-order valence-electron chi connectivity index (χ3n) is 2.25. The largest absolute Gasteiger partial charge is 0.481 e. The zero-order valence-electron chi connectivity index (χ0n) is 10.6. The number of rotatable bonds is 3. The van der Waals surface area contributed by atoms with Crippen LogP contribution in [-0.4, -0.2) is 6.61 Å². The molecule has 0 N–H and O–H groups in total. The van der Waals surface area contributed by atoms with E-state index in [4.69, 9.17) is 4.74 Å². The van der Waals surface area contributed by atoms with Gasteiger partial charge in [0, 0.05) is 5.92 Å². The minimum Gasteiger partial charge on any atom is -0.481 e. The lowest BCUT2D eigenvalue weighted by Gasteiger charge is -2.06. The van der Waals surface area contributed by atoms with Crippen LogP contribution in [-0.2, 0) is 0 Å². The van der Waals surface area contributed by atoms with Crippen LogP contribution in [0.3, 0.4) is 0 Å². The van der Waals surface area contributed by atoms with Crippen LogP contribution >= 0.6 is 0 Å². The van der Waals surface area contributed by atoms with Crippen LogP contribution in [0.15, 0.2) is 24.3 Å². The van der Waals surface area contributed by atoms with E-state index in [1.54, 1.807) is 0 Å². The molecule has 1 rings (SSSR count). The van der Waals surface area contributed by atoms with Crippen LogP contribution in [0.2, 0.25) is 0 Å². The van der Waals surface area contributed by atoms with Gasteiger partial charge in [-0.2, -0.15) is 0 Å². The van der Waals surface area contributed by atoms with E-state index < -0.39 is 0 Å². The van der Waals surface area contributed by atoms with E-state index in [-0.39, 0.29) is 0 Å². The molecule has 0 saturated heterocycles. The van der Waals surface area contributed by atoms with Crippen LogP contribution in [0.5, 0.6) is 5.75 Å². The lowest BCUT2D eigenvalue weighted by atomic mass is 10.0. The SMILES string of the molecule is CC(C)C#CCOc1ccc(C(C)C)cc1. The van der Waals surface area contributed by atoms with Crippen molar-refractivity contribution in [3.8, 4) is 17.6 Å². The first kappa shape index (κ1) is 12.6. The van der Waals surface area contributed by atoms with E-state index in [0.29, 0.717) is 18.4 Å². The summed E-state index contributed by atoms with van der Waals surface area (Å²) in [4.78, 5) is 0. The molecule has 0 fully saturated rings. The van der Waals surface area contributed by atoms with Crippen molar-refractivity contribution in [1.82, 2.24) is 0 Å². The third-order valence-corrected chi connectivity index (χ3v) is 2.25. The first-order chi connectivity index (χ1) is 7.59. The fraction of sp³-hybridized carbons (Fsp3) is 0.467. The molecule has 0 atom stereocenters. The average molecular weight is 216 g/mol. The van der Waals surface area contributed by atoms with Crippen LogP contribution in [0.4, 0.5) is 0 Å². The highest BCUT2D eigenvalue weighted by molar-refractivity contribution is 5.29. The van der Waals surface area contributed by atoms with Gasteiger partial charge in [-0.3, -0.25) is 0 Å². The van der Waals surface area contributed by atoms with Crippen molar-refractivity contribution >= 4 is 0 Å². The molecule has 0 spiro atoms. The molecule has 0 aliphatic carbocycles. The molecular formula is C15H20O. The second-order valence-electron chi connectivity index (χ2n) is 4.49. The molecule has 0 aliphatic rings. The van der Waals surface area contributed by atoms with Gasteiger partial charge in [0.25, 0.3) is 0 Å². The van der Waals surface area contributed by atoms with Gasteiger partial charge in [-0.05, 0) is 23.6 Å². The van der Waals surface area contributed by atoms with Crippen LogP contribution in [0, 0.1) is 17.8 Å². The van der Waals surface area contributed by atoms with E-state index in [9.17, 15) is 0 Å². The van der Waals surface area contributed by atoms with E-state index >= 15 is 0 Å². The predicted molar refractivity (Wildman–Crippen MR) is 68.6 cm³/mol. The van der Waals surface area contributed by atoms with Gasteiger partial charge >= 0.3 is 0 Å². The molecule has 1 heteroatoms. The number of ether oxygens (including phenoxy) is 1. The van der Waals surface area contributed by atoms with Gasteiger partial charge in [-0.1, -0.05) is 51.7 Å². The normalized spacial score (nSPS) is 10.1. The van der Waals surface area contributed by atoms with Gasteiger partial charge in [0.15, 0.2) is 0 Å². The van der Waals surface area contributed by atoms with Crippen molar-refractivity contribution in [3.05, 3.63) is 29.8 Å². The molecular weight excluding hydrogens is 196 g/mol. The third kappa shape index (κ3) is 4.40. The van der Waals surface area contributed by atoms with E-state index in [0.717, 1.165) is 5.75 Å². The first-order valence-corrected chi connectivity index (χ1v) is 5.80. The number of benzene rings is 1. The topological polar surface area (TPSA) is 9.23 Å². The molecule has 1 nitrogen and oxygen atoms in total. The lowest BCUT2D eigenvalue weighted by Crippen LogP contribution is -1.95. The smallest absolute Gasteiger partial charge is 0.149 e. The highest BCUT2D eigenvalue weighted by Gasteiger charge is 1.98. The Morgan fingerprint density at radius 1 is 1.06 bits per heavy atom. The highest BCUT2D eigenvalue weighted by Crippen LogP contribution is 2.18. The molecule has 0 unspecified atom stereocenters. The second kappa shape index (κ2) is 6.23.